The molecule has 33 heavy (non-hydrogen) atoms. The number of aromatic nitrogens is 2. The number of nitriles is 1. The van der Waals surface area contributed by atoms with Crippen LogP contribution in [0.5, 0.6) is 11.5 Å². The number of likely N-dealkylation sites (tertiary alicyclic amines) is 1. The minimum Gasteiger partial charge on any atom is -0.465 e. The third-order valence-electron chi connectivity index (χ3n) is 6.00. The smallest absolute Gasteiger partial charge is 0.407 e. The Kier molecular flexibility index (Phi) is 5.73. The fourth-order valence-corrected chi connectivity index (χ4v) is 4.66. The number of carbonyl (C=O) groups is 1. The van der Waals surface area contributed by atoms with Crippen LogP contribution >= 0.6 is 0 Å². The summed E-state index contributed by atoms with van der Waals surface area (Å²) in [7, 11) is 0. The van der Waals surface area contributed by atoms with Gasteiger partial charge in [0.25, 0.3) is 0 Å². The summed E-state index contributed by atoms with van der Waals surface area (Å²) >= 11 is 0. The van der Waals surface area contributed by atoms with Crippen LogP contribution in [-0.4, -0.2) is 38.5 Å². The highest BCUT2D eigenvalue weighted by molar-refractivity contribution is 5.67. The van der Waals surface area contributed by atoms with Crippen molar-refractivity contribution >= 4 is 11.8 Å². The normalized spacial score (nSPS) is 18.2. The molecule has 0 radical (unpaired) electrons. The van der Waals surface area contributed by atoms with Crippen LogP contribution in [0.25, 0.3) is 5.69 Å². The standard InChI is InChI=1S/C25H27N5O3/c1-25(2,3)23-19(13-14-29(23)24(31)32)22-21(27)20(15-26)30(28-22)16-9-11-18(12-10-16)33-17-7-5-4-6-8-17/h4-12,19,23H,13-14,27H2,1-3H3,(H,31,32)/t19?,23-/m1/s1. The number of hydrogen-bond acceptors (Lipinski definition) is 5. The van der Waals surface area contributed by atoms with Crippen molar-refractivity contribution < 1.29 is 14.6 Å². The van der Waals surface area contributed by atoms with Gasteiger partial charge in [-0.1, -0.05) is 39.0 Å². The second kappa shape index (κ2) is 8.51. The lowest BCUT2D eigenvalue weighted by atomic mass is 9.78. The van der Waals surface area contributed by atoms with E-state index in [0.29, 0.717) is 35.8 Å². The first-order valence-corrected chi connectivity index (χ1v) is 10.8. The first kappa shape index (κ1) is 22.2. The van der Waals surface area contributed by atoms with E-state index < -0.39 is 6.09 Å². The van der Waals surface area contributed by atoms with Crippen molar-refractivity contribution in [3.05, 3.63) is 66.0 Å². The molecule has 8 nitrogen and oxygen atoms in total. The van der Waals surface area contributed by atoms with Crippen LogP contribution in [0.15, 0.2) is 54.6 Å². The van der Waals surface area contributed by atoms with Crippen LogP contribution in [-0.2, 0) is 0 Å². The molecule has 2 aromatic carbocycles. The van der Waals surface area contributed by atoms with Gasteiger partial charge in [0, 0.05) is 18.5 Å². The molecule has 1 fully saturated rings. The van der Waals surface area contributed by atoms with E-state index in [4.69, 9.17) is 15.6 Å². The third kappa shape index (κ3) is 4.22. The van der Waals surface area contributed by atoms with Crippen LogP contribution in [0.3, 0.4) is 0 Å². The molecule has 1 aliphatic rings. The number of hydrogen-bond donors (Lipinski definition) is 2. The van der Waals surface area contributed by atoms with Crippen LogP contribution in [0.2, 0.25) is 0 Å². The molecular formula is C25H27N5O3. The third-order valence-corrected chi connectivity index (χ3v) is 6.00. The number of nitrogens with zero attached hydrogens (tertiary/aromatic N) is 4. The predicted molar refractivity (Wildman–Crippen MR) is 125 cm³/mol. The van der Waals surface area contributed by atoms with Gasteiger partial charge < -0.3 is 20.5 Å². The molecule has 1 unspecified atom stereocenters. The van der Waals surface area contributed by atoms with Gasteiger partial charge in [-0.15, -0.1) is 0 Å². The topological polar surface area (TPSA) is 117 Å². The zero-order valence-electron chi connectivity index (χ0n) is 18.9. The van der Waals surface area contributed by atoms with Gasteiger partial charge in [0.15, 0.2) is 5.69 Å². The number of anilines is 1. The predicted octanol–water partition coefficient (Wildman–Crippen LogP) is 5.00. The van der Waals surface area contributed by atoms with Gasteiger partial charge in [0.2, 0.25) is 0 Å². The van der Waals surface area contributed by atoms with E-state index in [1.165, 1.54) is 9.58 Å². The number of para-hydroxylation sites is 1. The highest BCUT2D eigenvalue weighted by Crippen LogP contribution is 2.44. The molecule has 0 aliphatic carbocycles. The molecule has 2 atom stereocenters. The van der Waals surface area contributed by atoms with Crippen molar-refractivity contribution in [3.63, 3.8) is 0 Å². The lowest BCUT2D eigenvalue weighted by molar-refractivity contribution is 0.101. The number of nitrogens with two attached hydrogens (primary N) is 1. The monoisotopic (exact) mass is 445 g/mol. The summed E-state index contributed by atoms with van der Waals surface area (Å²) < 4.78 is 7.37. The number of carboxylic acid groups (broad SMARTS) is 1. The van der Waals surface area contributed by atoms with Crippen molar-refractivity contribution in [1.29, 1.82) is 5.26 Å². The van der Waals surface area contributed by atoms with Crippen LogP contribution < -0.4 is 10.5 Å². The van der Waals surface area contributed by atoms with Gasteiger partial charge in [-0.3, -0.25) is 0 Å². The minimum absolute atomic E-state index is 0.199. The van der Waals surface area contributed by atoms with Gasteiger partial charge in [-0.25, -0.2) is 9.48 Å². The van der Waals surface area contributed by atoms with Gasteiger partial charge >= 0.3 is 6.09 Å². The van der Waals surface area contributed by atoms with E-state index >= 15 is 0 Å². The summed E-state index contributed by atoms with van der Waals surface area (Å²) in [6, 6.07) is 18.6. The van der Waals surface area contributed by atoms with Crippen molar-refractivity contribution in [1.82, 2.24) is 14.7 Å². The van der Waals surface area contributed by atoms with E-state index in [1.807, 2.05) is 63.2 Å². The van der Waals surface area contributed by atoms with E-state index in [0.717, 1.165) is 5.75 Å². The molecule has 2 heterocycles. The first-order valence-electron chi connectivity index (χ1n) is 10.8. The van der Waals surface area contributed by atoms with Crippen LogP contribution in [0.4, 0.5) is 10.5 Å². The molecule has 1 aliphatic heterocycles. The number of benzene rings is 2. The Balaban J connectivity index is 1.68. The molecule has 3 aromatic rings. The Labute approximate surface area is 192 Å². The SMILES string of the molecule is CC(C)(C)[C@H]1C(c2nn(-c3ccc(Oc4ccccc4)cc3)c(C#N)c2N)CCN1C(=O)O. The van der Waals surface area contributed by atoms with E-state index in [9.17, 15) is 15.2 Å². The van der Waals surface area contributed by atoms with Gasteiger partial charge in [0.05, 0.1) is 17.1 Å². The average molecular weight is 446 g/mol. The average Bonchev–Trinajstić information content (AvgIpc) is 3.36. The van der Waals surface area contributed by atoms with Crippen molar-refractivity contribution in [2.45, 2.75) is 39.2 Å². The highest BCUT2D eigenvalue weighted by atomic mass is 16.5. The second-order valence-electron chi connectivity index (χ2n) is 9.26. The quantitative estimate of drug-likeness (QED) is 0.583. The molecule has 0 spiro atoms. The van der Waals surface area contributed by atoms with Crippen molar-refractivity contribution in [3.8, 4) is 23.3 Å². The zero-order valence-corrected chi connectivity index (χ0v) is 18.9. The molecule has 4 rings (SSSR count). The second-order valence-corrected chi connectivity index (χ2v) is 9.26. The van der Waals surface area contributed by atoms with Crippen molar-refractivity contribution in [2.75, 3.05) is 12.3 Å². The molecule has 1 saturated heterocycles. The van der Waals surface area contributed by atoms with Crippen LogP contribution in [0.1, 0.15) is 44.5 Å². The lowest BCUT2D eigenvalue weighted by Crippen LogP contribution is -2.44. The molecule has 3 N–H and O–H groups in total. The minimum atomic E-state index is -0.954. The summed E-state index contributed by atoms with van der Waals surface area (Å²) in [4.78, 5) is 13.3. The molecule has 1 aromatic heterocycles. The van der Waals surface area contributed by atoms with Crippen molar-refractivity contribution in [2.24, 2.45) is 5.41 Å². The summed E-state index contributed by atoms with van der Waals surface area (Å²) in [6.07, 6.45) is -0.352. The number of amides is 1. The Bertz CT molecular complexity index is 1190. The summed E-state index contributed by atoms with van der Waals surface area (Å²) in [6.45, 7) is 6.43. The molecular weight excluding hydrogens is 418 g/mol. The maximum Gasteiger partial charge on any atom is 0.407 e. The molecule has 1 amide bonds. The molecule has 170 valence electrons. The molecule has 8 heteroatoms. The Hall–Kier alpha value is -3.99. The van der Waals surface area contributed by atoms with E-state index in [-0.39, 0.29) is 23.1 Å². The van der Waals surface area contributed by atoms with E-state index in [2.05, 4.69) is 6.07 Å². The van der Waals surface area contributed by atoms with E-state index in [1.54, 1.807) is 12.1 Å². The summed E-state index contributed by atoms with van der Waals surface area (Å²) in [5, 5.41) is 24.2. The lowest BCUT2D eigenvalue weighted by Gasteiger charge is -2.36. The zero-order chi connectivity index (χ0) is 23.8. The van der Waals surface area contributed by atoms with Gasteiger partial charge in [-0.05, 0) is 48.2 Å². The Morgan fingerprint density at radius 2 is 1.79 bits per heavy atom. The van der Waals surface area contributed by atoms with Gasteiger partial charge in [0.1, 0.15) is 17.6 Å². The summed E-state index contributed by atoms with van der Waals surface area (Å²) in [5.41, 5.74) is 7.85. The Morgan fingerprint density at radius 3 is 2.36 bits per heavy atom. The first-order chi connectivity index (χ1) is 15.7. The Morgan fingerprint density at radius 1 is 1.15 bits per heavy atom. The fourth-order valence-electron chi connectivity index (χ4n) is 4.66. The number of nitrogen functional groups attached to an aromatic ring is 1. The maximum atomic E-state index is 11.8. The number of ether oxygens (including phenoxy) is 1. The highest BCUT2D eigenvalue weighted by Gasteiger charge is 2.46. The molecule has 0 bridgehead atoms. The van der Waals surface area contributed by atoms with Gasteiger partial charge in [-0.2, -0.15) is 10.4 Å². The maximum absolute atomic E-state index is 11.8. The largest absolute Gasteiger partial charge is 0.465 e. The number of rotatable bonds is 4. The van der Waals surface area contributed by atoms with Crippen LogP contribution in [0, 0.1) is 16.7 Å². The molecule has 0 saturated carbocycles. The summed E-state index contributed by atoms with van der Waals surface area (Å²) in [5.74, 6) is 1.19. The fraction of sp³-hybridized carbons (Fsp3) is 0.320.